The second-order valence-electron chi connectivity index (χ2n) is 7.47. The van der Waals surface area contributed by atoms with Gasteiger partial charge in [-0.1, -0.05) is 22.9 Å². The summed E-state index contributed by atoms with van der Waals surface area (Å²) in [5.74, 6) is -0.534. The van der Waals surface area contributed by atoms with E-state index in [4.69, 9.17) is 17.3 Å². The Morgan fingerprint density at radius 3 is 2.67 bits per heavy atom. The number of benzene rings is 2. The van der Waals surface area contributed by atoms with Crippen LogP contribution in [0.5, 0.6) is 0 Å². The molecule has 5 rings (SSSR count). The summed E-state index contributed by atoms with van der Waals surface area (Å²) in [6, 6.07) is 4.33. The third-order valence-electron chi connectivity index (χ3n) is 5.57. The van der Waals surface area contributed by atoms with Crippen LogP contribution in [0.25, 0.3) is 32.2 Å². The zero-order valence-corrected chi connectivity index (χ0v) is 18.7. The minimum atomic E-state index is -0.631. The van der Waals surface area contributed by atoms with Crippen molar-refractivity contribution in [3.8, 4) is 11.1 Å². The molecule has 168 valence electrons. The molecule has 11 heteroatoms. The first-order valence-electron chi connectivity index (χ1n) is 10.1. The van der Waals surface area contributed by atoms with E-state index in [1.807, 2.05) is 9.80 Å². The molecule has 1 aliphatic heterocycles. The number of anilines is 2. The average molecular weight is 487 g/mol. The predicted molar refractivity (Wildman–Crippen MR) is 126 cm³/mol. The van der Waals surface area contributed by atoms with E-state index < -0.39 is 11.6 Å². The molecule has 2 N–H and O–H groups in total. The van der Waals surface area contributed by atoms with Crippen LogP contribution in [0.2, 0.25) is 5.02 Å². The Labute approximate surface area is 196 Å². The van der Waals surface area contributed by atoms with Crippen LogP contribution >= 0.6 is 22.9 Å². The van der Waals surface area contributed by atoms with Crippen LogP contribution in [0.3, 0.4) is 0 Å². The van der Waals surface area contributed by atoms with Gasteiger partial charge in [0.25, 0.3) is 0 Å². The quantitative estimate of drug-likeness (QED) is 0.340. The lowest BCUT2D eigenvalue weighted by Gasteiger charge is -2.35. The van der Waals surface area contributed by atoms with E-state index in [0.29, 0.717) is 42.9 Å². The first-order valence-corrected chi connectivity index (χ1v) is 11.3. The highest BCUT2D eigenvalue weighted by molar-refractivity contribution is 7.22. The van der Waals surface area contributed by atoms with Crippen molar-refractivity contribution < 1.29 is 13.6 Å². The number of piperazine rings is 1. The van der Waals surface area contributed by atoms with E-state index >= 15 is 4.39 Å². The highest BCUT2D eigenvalue weighted by atomic mass is 35.5. The van der Waals surface area contributed by atoms with Crippen LogP contribution in [0.1, 0.15) is 0 Å². The van der Waals surface area contributed by atoms with Gasteiger partial charge in [-0.25, -0.2) is 23.7 Å². The van der Waals surface area contributed by atoms with Gasteiger partial charge in [-0.3, -0.25) is 4.79 Å². The van der Waals surface area contributed by atoms with Gasteiger partial charge < -0.3 is 15.5 Å². The van der Waals surface area contributed by atoms with Gasteiger partial charge in [-0.2, -0.15) is 0 Å². The van der Waals surface area contributed by atoms with E-state index in [9.17, 15) is 9.18 Å². The third kappa shape index (κ3) is 3.75. The van der Waals surface area contributed by atoms with Gasteiger partial charge in [-0.05, 0) is 24.3 Å². The predicted octanol–water partition coefficient (Wildman–Crippen LogP) is 4.25. The van der Waals surface area contributed by atoms with E-state index in [0.717, 1.165) is 17.6 Å². The van der Waals surface area contributed by atoms with Crippen molar-refractivity contribution in [1.82, 2.24) is 19.9 Å². The van der Waals surface area contributed by atoms with E-state index in [1.54, 1.807) is 12.3 Å². The van der Waals surface area contributed by atoms with Gasteiger partial charge in [0.2, 0.25) is 0 Å². The van der Waals surface area contributed by atoms with Gasteiger partial charge in [0.05, 0.1) is 15.2 Å². The van der Waals surface area contributed by atoms with Crippen LogP contribution < -0.4 is 10.6 Å². The number of rotatable bonds is 4. The molecular weight excluding hydrogens is 470 g/mol. The molecule has 0 aliphatic carbocycles. The Bertz CT molecular complexity index is 1420. The minimum absolute atomic E-state index is 0.0907. The van der Waals surface area contributed by atoms with Crippen molar-refractivity contribution >= 4 is 61.3 Å². The molecule has 4 aromatic rings. The summed E-state index contributed by atoms with van der Waals surface area (Å²) in [6.45, 7) is 2.63. The maximum atomic E-state index is 15.8. The number of halogens is 3. The summed E-state index contributed by atoms with van der Waals surface area (Å²) in [6.07, 6.45) is 5.26. The van der Waals surface area contributed by atoms with Crippen molar-refractivity contribution in [3.63, 3.8) is 0 Å². The molecule has 33 heavy (non-hydrogen) atoms. The standard InChI is InChI=1S/C22H17ClF2N6OS/c23-14-10-13-18(27-11-28-21(13)31-7-5-30(6-8-31)4-1-9-32)17(25)16(14)12-2-3-15(24)20-19(12)29-22(26)33-20/h1-4,9-11H,5-8H2,(H2,26,29). The van der Waals surface area contributed by atoms with Crippen LogP contribution in [0.4, 0.5) is 19.7 Å². The molecule has 0 radical (unpaired) electrons. The van der Waals surface area contributed by atoms with E-state index in [-0.39, 0.29) is 31.5 Å². The summed E-state index contributed by atoms with van der Waals surface area (Å²) >= 11 is 7.56. The number of thiazole rings is 1. The van der Waals surface area contributed by atoms with E-state index in [1.165, 1.54) is 24.5 Å². The number of nitrogens with zero attached hydrogens (tertiary/aromatic N) is 5. The number of hydrogen-bond donors (Lipinski definition) is 1. The van der Waals surface area contributed by atoms with Crippen molar-refractivity contribution in [3.05, 3.63) is 53.5 Å². The normalized spacial score (nSPS) is 14.6. The number of allylic oxidation sites excluding steroid dienone is 1. The average Bonchev–Trinajstić information content (AvgIpc) is 3.22. The first kappa shape index (κ1) is 21.5. The molecule has 7 nitrogen and oxygen atoms in total. The van der Waals surface area contributed by atoms with E-state index in [2.05, 4.69) is 15.0 Å². The Morgan fingerprint density at radius 1 is 1.12 bits per heavy atom. The molecule has 0 saturated carbocycles. The summed E-state index contributed by atoms with van der Waals surface area (Å²) < 4.78 is 30.3. The number of aromatic nitrogens is 3. The van der Waals surface area contributed by atoms with Crippen molar-refractivity contribution in [2.75, 3.05) is 36.8 Å². The van der Waals surface area contributed by atoms with Crippen LogP contribution in [-0.4, -0.2) is 52.3 Å². The molecule has 2 aromatic carbocycles. The number of carbonyl (C=O) groups is 1. The van der Waals surface area contributed by atoms with Crippen molar-refractivity contribution in [2.24, 2.45) is 0 Å². The molecule has 1 fully saturated rings. The lowest BCUT2D eigenvalue weighted by molar-refractivity contribution is -0.104. The molecule has 1 saturated heterocycles. The molecule has 0 atom stereocenters. The molecular formula is C22H17ClF2N6OS. The number of fused-ring (bicyclic) bond motifs is 2. The lowest BCUT2D eigenvalue weighted by Crippen LogP contribution is -2.44. The minimum Gasteiger partial charge on any atom is -0.375 e. The smallest absolute Gasteiger partial charge is 0.181 e. The molecule has 0 amide bonds. The SMILES string of the molecule is Nc1nc2c(-c3c(Cl)cc4c(N5CCN(C=CC=O)CC5)ncnc4c3F)ccc(F)c2s1. The highest BCUT2D eigenvalue weighted by Crippen LogP contribution is 2.42. The van der Waals surface area contributed by atoms with Crippen LogP contribution in [-0.2, 0) is 4.79 Å². The van der Waals surface area contributed by atoms with Crippen molar-refractivity contribution in [2.45, 2.75) is 0 Å². The summed E-state index contributed by atoms with van der Waals surface area (Å²) in [5, 5.41) is 0.806. The highest BCUT2D eigenvalue weighted by Gasteiger charge is 2.24. The molecule has 2 aromatic heterocycles. The number of nitrogens with two attached hydrogens (primary N) is 1. The first-order chi connectivity index (χ1) is 16.0. The fraction of sp³-hybridized carbons (Fsp3) is 0.182. The van der Waals surface area contributed by atoms with Gasteiger partial charge in [-0.15, -0.1) is 0 Å². The van der Waals surface area contributed by atoms with Crippen molar-refractivity contribution in [1.29, 1.82) is 0 Å². The fourth-order valence-corrected chi connectivity index (χ4v) is 5.11. The fourth-order valence-electron chi connectivity index (χ4n) is 4.05. The molecule has 1 aliphatic rings. The maximum absolute atomic E-state index is 15.8. The topological polar surface area (TPSA) is 88.2 Å². The molecule has 0 bridgehead atoms. The maximum Gasteiger partial charge on any atom is 0.181 e. The largest absolute Gasteiger partial charge is 0.375 e. The van der Waals surface area contributed by atoms with Gasteiger partial charge in [0.15, 0.2) is 10.9 Å². The zero-order valence-electron chi connectivity index (χ0n) is 17.1. The van der Waals surface area contributed by atoms with Gasteiger partial charge >= 0.3 is 0 Å². The second-order valence-corrected chi connectivity index (χ2v) is 8.90. The number of nitrogen functional groups attached to an aromatic ring is 1. The Morgan fingerprint density at radius 2 is 1.91 bits per heavy atom. The third-order valence-corrected chi connectivity index (χ3v) is 6.76. The Hall–Kier alpha value is -3.37. The number of aldehydes is 1. The number of hydrogen-bond acceptors (Lipinski definition) is 8. The van der Waals surface area contributed by atoms with Gasteiger partial charge in [0.1, 0.15) is 29.8 Å². The summed E-state index contributed by atoms with van der Waals surface area (Å²) in [7, 11) is 0. The molecule has 3 heterocycles. The molecule has 0 spiro atoms. The van der Waals surface area contributed by atoms with Crippen LogP contribution in [0, 0.1) is 11.6 Å². The lowest BCUT2D eigenvalue weighted by atomic mass is 10.0. The Balaban J connectivity index is 1.60. The van der Waals surface area contributed by atoms with Gasteiger partial charge in [0, 0.05) is 48.9 Å². The summed E-state index contributed by atoms with van der Waals surface area (Å²) in [4.78, 5) is 27.4. The van der Waals surface area contributed by atoms with Crippen LogP contribution in [0.15, 0.2) is 36.8 Å². The monoisotopic (exact) mass is 486 g/mol. The number of carbonyl (C=O) groups excluding carboxylic acids is 1. The Kier molecular flexibility index (Phi) is 5.55. The zero-order chi connectivity index (χ0) is 23.1. The second kappa shape index (κ2) is 8.53. The summed E-state index contributed by atoms with van der Waals surface area (Å²) in [5.41, 5.74) is 6.58. The molecule has 0 unspecified atom stereocenters.